The van der Waals surface area contributed by atoms with Crippen molar-refractivity contribution in [2.75, 3.05) is 20.3 Å². The van der Waals surface area contributed by atoms with Gasteiger partial charge in [-0.05, 0) is 60.2 Å². The van der Waals surface area contributed by atoms with Crippen LogP contribution in [0.1, 0.15) is 29.5 Å². The van der Waals surface area contributed by atoms with Gasteiger partial charge >= 0.3 is 6.03 Å². The second kappa shape index (κ2) is 8.86. The van der Waals surface area contributed by atoms with E-state index in [1.165, 1.54) is 0 Å². The summed E-state index contributed by atoms with van der Waals surface area (Å²) in [5.74, 6) is 0.387. The van der Waals surface area contributed by atoms with Crippen molar-refractivity contribution in [3.05, 3.63) is 64.2 Å². The second-order valence-electron chi connectivity index (χ2n) is 7.92. The van der Waals surface area contributed by atoms with Crippen LogP contribution < -0.4 is 10.1 Å². The molecule has 2 atom stereocenters. The number of imide groups is 1. The maximum Gasteiger partial charge on any atom is 0.325 e. The number of aliphatic hydroxyl groups is 1. The largest absolute Gasteiger partial charge is 0.497 e. The van der Waals surface area contributed by atoms with Crippen molar-refractivity contribution in [2.24, 2.45) is 0 Å². The highest BCUT2D eigenvalue weighted by Gasteiger charge is 2.54. The summed E-state index contributed by atoms with van der Waals surface area (Å²) in [7, 11) is 1.60. The van der Waals surface area contributed by atoms with Crippen LogP contribution in [0.2, 0.25) is 5.02 Å². The predicted octanol–water partition coefficient (Wildman–Crippen LogP) is 3.01. The maximum absolute atomic E-state index is 13.3. The number of urea groups is 1. The number of benzene rings is 2. The molecule has 1 spiro atoms. The monoisotopic (exact) mass is 444 g/mol. The first kappa shape index (κ1) is 21.6. The Balaban J connectivity index is 1.41. The lowest BCUT2D eigenvalue weighted by Crippen LogP contribution is -2.47. The number of hydrogen-bond acceptors (Lipinski definition) is 5. The molecule has 0 unspecified atom stereocenters. The number of hydrogen-bond donors (Lipinski definition) is 2. The van der Waals surface area contributed by atoms with Crippen LogP contribution in [0.25, 0.3) is 0 Å². The number of methoxy groups -OCH3 is 1. The fraction of sp³-hybridized carbons (Fsp3) is 0.391. The van der Waals surface area contributed by atoms with Gasteiger partial charge in [-0.25, -0.2) is 4.79 Å². The maximum atomic E-state index is 13.3. The zero-order valence-corrected chi connectivity index (χ0v) is 18.0. The van der Waals surface area contributed by atoms with Crippen LogP contribution in [0.5, 0.6) is 5.75 Å². The lowest BCUT2D eigenvalue weighted by Gasteiger charge is -2.33. The number of amides is 3. The standard InChI is InChI=1S/C23H25ClN2O5/c1-30-19-8-9-20-16(11-19)3-2-10-23(20)21(28)26(22(29)25-23)12-18(27)14-31-13-15-4-6-17(24)7-5-15/h4-9,11,18,27H,2-3,10,12-14H2,1H3,(H,25,29)/t18-,23-/m0/s1. The smallest absolute Gasteiger partial charge is 0.325 e. The molecule has 164 valence electrons. The minimum Gasteiger partial charge on any atom is -0.497 e. The first-order chi connectivity index (χ1) is 14.9. The molecule has 2 aliphatic rings. The summed E-state index contributed by atoms with van der Waals surface area (Å²) in [5, 5.41) is 13.9. The van der Waals surface area contributed by atoms with Crippen LogP contribution in [0.15, 0.2) is 42.5 Å². The highest BCUT2D eigenvalue weighted by atomic mass is 35.5. The Bertz CT molecular complexity index is 980. The Hall–Kier alpha value is -2.61. The van der Waals surface area contributed by atoms with Gasteiger partial charge in [0.05, 0.1) is 33.0 Å². The molecule has 7 nitrogen and oxygen atoms in total. The molecule has 2 N–H and O–H groups in total. The summed E-state index contributed by atoms with van der Waals surface area (Å²) in [6.07, 6.45) is 1.12. The number of fused-ring (bicyclic) bond motifs is 2. The fourth-order valence-electron chi connectivity index (χ4n) is 4.30. The Morgan fingerprint density at radius 1 is 1.23 bits per heavy atom. The number of nitrogens with zero attached hydrogens (tertiary/aromatic N) is 1. The van der Waals surface area contributed by atoms with E-state index in [1.54, 1.807) is 25.3 Å². The van der Waals surface area contributed by atoms with Gasteiger partial charge < -0.3 is 19.9 Å². The van der Waals surface area contributed by atoms with Crippen molar-refractivity contribution in [3.8, 4) is 5.75 Å². The van der Waals surface area contributed by atoms with Crippen LogP contribution in [-0.2, 0) is 28.1 Å². The second-order valence-corrected chi connectivity index (χ2v) is 8.36. The number of aliphatic hydroxyl groups excluding tert-OH is 1. The quantitative estimate of drug-likeness (QED) is 0.641. The average molecular weight is 445 g/mol. The highest BCUT2D eigenvalue weighted by Crippen LogP contribution is 2.41. The summed E-state index contributed by atoms with van der Waals surface area (Å²) in [6, 6.07) is 12.3. The van der Waals surface area contributed by atoms with E-state index in [4.69, 9.17) is 21.1 Å². The molecule has 1 aliphatic heterocycles. The number of aryl methyl sites for hydroxylation is 1. The van der Waals surface area contributed by atoms with Crippen LogP contribution >= 0.6 is 11.6 Å². The number of β-amino-alcohol motifs (C(OH)–C–C–N with tert-alkyl or cyclic N) is 1. The van der Waals surface area contributed by atoms with Crippen molar-refractivity contribution < 1.29 is 24.2 Å². The summed E-state index contributed by atoms with van der Waals surface area (Å²) in [5.41, 5.74) is 1.63. The third kappa shape index (κ3) is 4.26. The molecule has 2 aromatic rings. The van der Waals surface area contributed by atoms with Crippen LogP contribution in [0, 0.1) is 0 Å². The Morgan fingerprint density at radius 2 is 2.00 bits per heavy atom. The molecule has 1 saturated heterocycles. The molecule has 3 amide bonds. The number of carbonyl (C=O) groups excluding carboxylic acids is 2. The molecule has 1 heterocycles. The molecule has 8 heteroatoms. The highest BCUT2D eigenvalue weighted by molar-refractivity contribution is 6.30. The van der Waals surface area contributed by atoms with Crippen LogP contribution in [-0.4, -0.2) is 48.3 Å². The van der Waals surface area contributed by atoms with Gasteiger partial charge in [-0.2, -0.15) is 0 Å². The van der Waals surface area contributed by atoms with E-state index in [2.05, 4.69) is 5.32 Å². The first-order valence-electron chi connectivity index (χ1n) is 10.2. The minimum atomic E-state index is -1.08. The summed E-state index contributed by atoms with van der Waals surface area (Å²) < 4.78 is 10.8. The number of rotatable bonds is 7. The molecular formula is C23H25ClN2O5. The summed E-state index contributed by atoms with van der Waals surface area (Å²) >= 11 is 5.86. The van der Waals surface area contributed by atoms with E-state index in [0.717, 1.165) is 40.2 Å². The first-order valence-corrected chi connectivity index (χ1v) is 10.6. The lowest BCUT2D eigenvalue weighted by molar-refractivity contribution is -0.133. The third-order valence-electron chi connectivity index (χ3n) is 5.83. The summed E-state index contributed by atoms with van der Waals surface area (Å²) in [6.45, 7) is 0.173. The Morgan fingerprint density at radius 3 is 2.74 bits per heavy atom. The molecule has 0 aromatic heterocycles. The molecule has 0 radical (unpaired) electrons. The van der Waals surface area contributed by atoms with E-state index in [-0.39, 0.29) is 19.1 Å². The van der Waals surface area contributed by atoms with Gasteiger partial charge in [0.2, 0.25) is 0 Å². The van der Waals surface area contributed by atoms with Crippen molar-refractivity contribution >= 4 is 23.5 Å². The number of ether oxygens (including phenoxy) is 2. The van der Waals surface area contributed by atoms with Gasteiger partial charge in [-0.3, -0.25) is 9.69 Å². The number of nitrogens with one attached hydrogen (secondary N) is 1. The van der Waals surface area contributed by atoms with Crippen LogP contribution in [0.3, 0.4) is 0 Å². The van der Waals surface area contributed by atoms with Gasteiger partial charge in [0.1, 0.15) is 11.3 Å². The van der Waals surface area contributed by atoms with E-state index >= 15 is 0 Å². The van der Waals surface area contributed by atoms with Crippen molar-refractivity contribution in [2.45, 2.75) is 37.5 Å². The van der Waals surface area contributed by atoms with E-state index in [9.17, 15) is 14.7 Å². The fourth-order valence-corrected chi connectivity index (χ4v) is 4.43. The zero-order valence-electron chi connectivity index (χ0n) is 17.3. The van der Waals surface area contributed by atoms with Gasteiger partial charge in [0.15, 0.2) is 0 Å². The van der Waals surface area contributed by atoms with Crippen LogP contribution in [0.4, 0.5) is 4.79 Å². The molecule has 1 aliphatic carbocycles. The zero-order chi connectivity index (χ0) is 22.0. The van der Waals surface area contributed by atoms with E-state index in [0.29, 0.717) is 18.1 Å². The molecule has 0 saturated carbocycles. The van der Waals surface area contributed by atoms with Crippen molar-refractivity contribution in [1.82, 2.24) is 10.2 Å². The van der Waals surface area contributed by atoms with Crippen molar-refractivity contribution in [1.29, 1.82) is 0 Å². The number of carbonyl (C=O) groups is 2. The lowest BCUT2D eigenvalue weighted by atomic mass is 9.76. The predicted molar refractivity (Wildman–Crippen MR) is 115 cm³/mol. The van der Waals surface area contributed by atoms with Crippen molar-refractivity contribution in [3.63, 3.8) is 0 Å². The topological polar surface area (TPSA) is 88.1 Å². The summed E-state index contributed by atoms with van der Waals surface area (Å²) in [4.78, 5) is 27.1. The van der Waals surface area contributed by atoms with E-state index in [1.807, 2.05) is 24.3 Å². The number of halogens is 1. The molecule has 1 fully saturated rings. The molecule has 4 rings (SSSR count). The Labute approximate surface area is 185 Å². The third-order valence-corrected chi connectivity index (χ3v) is 6.08. The van der Waals surface area contributed by atoms with E-state index < -0.39 is 17.7 Å². The van der Waals surface area contributed by atoms with Gasteiger partial charge in [-0.15, -0.1) is 0 Å². The van der Waals surface area contributed by atoms with Gasteiger partial charge in [-0.1, -0.05) is 29.8 Å². The normalized spacial score (nSPS) is 21.2. The Kier molecular flexibility index (Phi) is 6.18. The molecule has 0 bridgehead atoms. The SMILES string of the molecule is COc1ccc2c(c1)CCC[C@]21NC(=O)N(C[C@H](O)COCc2ccc(Cl)cc2)C1=O. The van der Waals surface area contributed by atoms with Gasteiger partial charge in [0.25, 0.3) is 5.91 Å². The molecule has 2 aromatic carbocycles. The molecular weight excluding hydrogens is 420 g/mol. The van der Waals surface area contributed by atoms with Gasteiger partial charge in [0, 0.05) is 5.02 Å². The molecule has 31 heavy (non-hydrogen) atoms. The average Bonchev–Trinajstić information content (AvgIpc) is 2.99. The minimum absolute atomic E-state index is 0.000469.